The van der Waals surface area contributed by atoms with E-state index in [0.717, 1.165) is 28.6 Å². The number of fused-ring (bicyclic) bond motifs is 1. The summed E-state index contributed by atoms with van der Waals surface area (Å²) in [4.78, 5) is 12.0. The molecule has 3 heterocycles. The first-order chi connectivity index (χ1) is 9.65. The van der Waals surface area contributed by atoms with Gasteiger partial charge in [-0.15, -0.1) is 5.10 Å². The molecule has 8 nitrogen and oxygen atoms in total. The molecule has 0 fully saturated rings. The molecule has 1 amide bonds. The first kappa shape index (κ1) is 13.1. The summed E-state index contributed by atoms with van der Waals surface area (Å²) in [6.07, 6.45) is 0.332. The number of carbonyl (C=O) groups is 1. The number of thioether (sulfide) groups is 1. The lowest BCUT2D eigenvalue weighted by Crippen LogP contribution is -2.18. The van der Waals surface area contributed by atoms with Gasteiger partial charge < -0.3 is 5.32 Å². The van der Waals surface area contributed by atoms with Crippen molar-refractivity contribution in [1.29, 1.82) is 0 Å². The van der Waals surface area contributed by atoms with E-state index >= 15 is 0 Å². The number of nitrogens with one attached hydrogen (secondary N) is 1. The van der Waals surface area contributed by atoms with Crippen LogP contribution in [0, 0.1) is 6.92 Å². The topological polar surface area (TPSA) is 90.5 Å². The zero-order chi connectivity index (χ0) is 14.1. The van der Waals surface area contributed by atoms with Gasteiger partial charge in [-0.25, -0.2) is 4.68 Å². The SMILES string of the molecule is Cc1nnnn1CCC(=O)Nc1c2c(nn1C)CSC2. The first-order valence-corrected chi connectivity index (χ1v) is 7.45. The van der Waals surface area contributed by atoms with Crippen molar-refractivity contribution >= 4 is 23.5 Å². The molecule has 0 aromatic carbocycles. The Morgan fingerprint density at radius 1 is 1.45 bits per heavy atom. The minimum atomic E-state index is -0.0531. The summed E-state index contributed by atoms with van der Waals surface area (Å²) in [6, 6.07) is 0. The highest BCUT2D eigenvalue weighted by Crippen LogP contribution is 2.34. The fourth-order valence-corrected chi connectivity index (χ4v) is 3.19. The van der Waals surface area contributed by atoms with Gasteiger partial charge >= 0.3 is 0 Å². The van der Waals surface area contributed by atoms with Crippen LogP contribution in [0.5, 0.6) is 0 Å². The molecule has 0 bridgehead atoms. The van der Waals surface area contributed by atoms with E-state index in [1.807, 2.05) is 25.7 Å². The summed E-state index contributed by atoms with van der Waals surface area (Å²) in [6.45, 7) is 2.28. The number of aryl methyl sites for hydroxylation is 3. The first-order valence-electron chi connectivity index (χ1n) is 6.30. The lowest BCUT2D eigenvalue weighted by Gasteiger charge is -2.07. The zero-order valence-electron chi connectivity index (χ0n) is 11.3. The Bertz CT molecular complexity index is 647. The van der Waals surface area contributed by atoms with Gasteiger partial charge in [0.15, 0.2) is 0 Å². The van der Waals surface area contributed by atoms with Crippen molar-refractivity contribution in [3.8, 4) is 0 Å². The van der Waals surface area contributed by atoms with Crippen molar-refractivity contribution in [3.63, 3.8) is 0 Å². The summed E-state index contributed by atoms with van der Waals surface area (Å²) in [5.74, 6) is 3.29. The largest absolute Gasteiger partial charge is 0.311 e. The Hall–Kier alpha value is -1.90. The van der Waals surface area contributed by atoms with Crippen molar-refractivity contribution in [2.24, 2.45) is 7.05 Å². The van der Waals surface area contributed by atoms with Crippen molar-refractivity contribution in [2.45, 2.75) is 31.4 Å². The van der Waals surface area contributed by atoms with Crippen molar-refractivity contribution in [3.05, 3.63) is 17.1 Å². The van der Waals surface area contributed by atoms with E-state index in [-0.39, 0.29) is 5.91 Å². The van der Waals surface area contributed by atoms with Crippen LogP contribution >= 0.6 is 11.8 Å². The Labute approximate surface area is 119 Å². The molecule has 106 valence electrons. The maximum atomic E-state index is 12.0. The summed E-state index contributed by atoms with van der Waals surface area (Å²) < 4.78 is 3.35. The van der Waals surface area contributed by atoms with E-state index < -0.39 is 0 Å². The molecule has 2 aromatic rings. The van der Waals surface area contributed by atoms with E-state index in [9.17, 15) is 4.79 Å². The second-order valence-electron chi connectivity index (χ2n) is 4.64. The van der Waals surface area contributed by atoms with Gasteiger partial charge in [0.2, 0.25) is 5.91 Å². The predicted octanol–water partition coefficient (Wildman–Crippen LogP) is 0.491. The van der Waals surface area contributed by atoms with Crippen LogP contribution in [0.4, 0.5) is 5.82 Å². The average molecular weight is 293 g/mol. The van der Waals surface area contributed by atoms with Crippen molar-refractivity contribution in [2.75, 3.05) is 5.32 Å². The van der Waals surface area contributed by atoms with Gasteiger partial charge in [-0.05, 0) is 17.4 Å². The van der Waals surface area contributed by atoms with Crippen LogP contribution in [-0.4, -0.2) is 35.9 Å². The molecule has 2 aromatic heterocycles. The molecule has 0 saturated carbocycles. The van der Waals surface area contributed by atoms with E-state index in [4.69, 9.17) is 0 Å². The number of hydrogen-bond acceptors (Lipinski definition) is 6. The molecule has 3 rings (SSSR count). The van der Waals surface area contributed by atoms with E-state index in [0.29, 0.717) is 18.8 Å². The van der Waals surface area contributed by atoms with E-state index in [1.165, 1.54) is 0 Å². The summed E-state index contributed by atoms with van der Waals surface area (Å²) in [5, 5.41) is 18.5. The minimum absolute atomic E-state index is 0.0531. The molecule has 9 heteroatoms. The number of rotatable bonds is 4. The number of carbonyl (C=O) groups excluding carboxylic acids is 1. The molecule has 0 atom stereocenters. The molecule has 0 spiro atoms. The van der Waals surface area contributed by atoms with Gasteiger partial charge in [-0.3, -0.25) is 9.48 Å². The van der Waals surface area contributed by atoms with Gasteiger partial charge in [-0.2, -0.15) is 16.9 Å². The van der Waals surface area contributed by atoms with E-state index in [2.05, 4.69) is 25.9 Å². The summed E-state index contributed by atoms with van der Waals surface area (Å²) in [5.41, 5.74) is 2.22. The van der Waals surface area contributed by atoms with Crippen LogP contribution in [0.3, 0.4) is 0 Å². The second kappa shape index (κ2) is 5.23. The van der Waals surface area contributed by atoms with E-state index in [1.54, 1.807) is 9.36 Å². The van der Waals surface area contributed by atoms with Crippen LogP contribution in [-0.2, 0) is 29.9 Å². The normalized spacial score (nSPS) is 13.5. The van der Waals surface area contributed by atoms with Gasteiger partial charge in [-0.1, -0.05) is 0 Å². The molecule has 0 radical (unpaired) electrons. The molecular weight excluding hydrogens is 278 g/mol. The number of anilines is 1. The average Bonchev–Trinajstić information content (AvgIpc) is 3.07. The third kappa shape index (κ3) is 2.40. The monoisotopic (exact) mass is 293 g/mol. The summed E-state index contributed by atoms with van der Waals surface area (Å²) in [7, 11) is 1.85. The maximum Gasteiger partial charge on any atom is 0.227 e. The van der Waals surface area contributed by atoms with Gasteiger partial charge in [0.1, 0.15) is 11.6 Å². The zero-order valence-corrected chi connectivity index (χ0v) is 12.1. The number of amides is 1. The third-order valence-electron chi connectivity index (χ3n) is 3.23. The van der Waals surface area contributed by atoms with Gasteiger partial charge in [0.05, 0.1) is 12.2 Å². The smallest absolute Gasteiger partial charge is 0.227 e. The molecule has 1 N–H and O–H groups in total. The lowest BCUT2D eigenvalue weighted by atomic mass is 10.2. The molecular formula is C11H15N7OS. The van der Waals surface area contributed by atoms with Crippen LogP contribution in [0.15, 0.2) is 0 Å². The fourth-order valence-electron chi connectivity index (χ4n) is 2.16. The number of tetrazole rings is 1. The highest BCUT2D eigenvalue weighted by molar-refractivity contribution is 7.98. The van der Waals surface area contributed by atoms with Crippen LogP contribution in [0.1, 0.15) is 23.5 Å². The molecule has 1 aliphatic heterocycles. The van der Waals surface area contributed by atoms with Crippen molar-refractivity contribution in [1.82, 2.24) is 30.0 Å². The standard InChI is InChI=1S/C11H15N7OS/c1-7-13-15-16-18(7)4-3-10(19)12-11-8-5-20-6-9(8)14-17(11)2/h3-6H2,1-2H3,(H,12,19). The Morgan fingerprint density at radius 3 is 3.05 bits per heavy atom. The van der Waals surface area contributed by atoms with Crippen molar-refractivity contribution < 1.29 is 4.79 Å². The highest BCUT2D eigenvalue weighted by atomic mass is 32.2. The predicted molar refractivity (Wildman–Crippen MR) is 74.0 cm³/mol. The van der Waals surface area contributed by atoms with Gasteiger partial charge in [0.25, 0.3) is 0 Å². The third-order valence-corrected chi connectivity index (χ3v) is 4.20. The Morgan fingerprint density at radius 2 is 2.30 bits per heavy atom. The Balaban J connectivity index is 1.63. The fraction of sp³-hybridized carbons (Fsp3) is 0.545. The minimum Gasteiger partial charge on any atom is -0.311 e. The van der Waals surface area contributed by atoms with Crippen LogP contribution in [0.2, 0.25) is 0 Å². The molecule has 0 saturated heterocycles. The van der Waals surface area contributed by atoms with Gasteiger partial charge in [0, 0.05) is 30.5 Å². The molecule has 1 aliphatic rings. The molecule has 0 aliphatic carbocycles. The summed E-state index contributed by atoms with van der Waals surface area (Å²) >= 11 is 1.82. The Kier molecular flexibility index (Phi) is 3.43. The quantitative estimate of drug-likeness (QED) is 0.882. The highest BCUT2D eigenvalue weighted by Gasteiger charge is 2.22. The number of aromatic nitrogens is 6. The van der Waals surface area contributed by atoms with Crippen LogP contribution in [0.25, 0.3) is 0 Å². The lowest BCUT2D eigenvalue weighted by molar-refractivity contribution is -0.116. The number of hydrogen-bond donors (Lipinski definition) is 1. The molecule has 0 unspecified atom stereocenters. The maximum absolute atomic E-state index is 12.0. The molecule has 20 heavy (non-hydrogen) atoms. The van der Waals surface area contributed by atoms with Crippen LogP contribution < -0.4 is 5.32 Å². The number of nitrogens with zero attached hydrogens (tertiary/aromatic N) is 6. The second-order valence-corrected chi connectivity index (χ2v) is 5.62.